The largest absolute Gasteiger partial charge is 0.376 e. The number of carbonyl (C=O) groups is 1. The number of thiophene rings is 1. The fourth-order valence-electron chi connectivity index (χ4n) is 3.02. The standard InChI is InChI=1S/C17H18ClN3O3S/c18-16-2-1-15(25-16)14-9-21(4-6-24-14)17(22)20-12-7-11-10-23-5-3-13(11)19-8-12/h1-2,7-8,14H,3-6,9-10H2,(H,20,22). The van der Waals surface area contributed by atoms with Gasteiger partial charge in [0.15, 0.2) is 0 Å². The number of fused-ring (bicyclic) bond motifs is 1. The lowest BCUT2D eigenvalue weighted by molar-refractivity contribution is -0.0115. The van der Waals surface area contributed by atoms with E-state index >= 15 is 0 Å². The number of urea groups is 1. The highest BCUT2D eigenvalue weighted by Crippen LogP contribution is 2.31. The SMILES string of the molecule is O=C(Nc1cnc2c(c1)COCC2)N1CCOC(c2ccc(Cl)s2)C1. The highest BCUT2D eigenvalue weighted by Gasteiger charge is 2.26. The summed E-state index contributed by atoms with van der Waals surface area (Å²) in [6.45, 7) is 2.81. The molecule has 4 rings (SSSR count). The summed E-state index contributed by atoms with van der Waals surface area (Å²) in [6, 6.07) is 5.60. The molecule has 25 heavy (non-hydrogen) atoms. The van der Waals surface area contributed by atoms with E-state index in [1.54, 1.807) is 11.1 Å². The number of morpholine rings is 1. The Morgan fingerprint density at radius 3 is 3.16 bits per heavy atom. The molecule has 2 amide bonds. The molecule has 0 radical (unpaired) electrons. The first kappa shape index (κ1) is 16.8. The van der Waals surface area contributed by atoms with Crippen LogP contribution in [-0.2, 0) is 22.5 Å². The minimum Gasteiger partial charge on any atom is -0.376 e. The smallest absolute Gasteiger partial charge is 0.322 e. The van der Waals surface area contributed by atoms with Crippen molar-refractivity contribution in [1.82, 2.24) is 9.88 Å². The number of hydrogen-bond donors (Lipinski definition) is 1. The van der Waals surface area contributed by atoms with E-state index in [1.807, 2.05) is 18.2 Å². The maximum absolute atomic E-state index is 12.6. The summed E-state index contributed by atoms with van der Waals surface area (Å²) in [7, 11) is 0. The molecule has 1 saturated heterocycles. The van der Waals surface area contributed by atoms with Gasteiger partial charge in [0.25, 0.3) is 0 Å². The number of carbonyl (C=O) groups excluding carboxylic acids is 1. The van der Waals surface area contributed by atoms with E-state index in [2.05, 4.69) is 10.3 Å². The van der Waals surface area contributed by atoms with Crippen molar-refractivity contribution in [2.45, 2.75) is 19.1 Å². The van der Waals surface area contributed by atoms with Gasteiger partial charge in [0.05, 0.1) is 42.6 Å². The first-order valence-corrected chi connectivity index (χ1v) is 9.37. The minimum absolute atomic E-state index is 0.132. The molecule has 1 unspecified atom stereocenters. The predicted molar refractivity (Wildman–Crippen MR) is 96.2 cm³/mol. The fourth-order valence-corrected chi connectivity index (χ4v) is 4.12. The Bertz CT molecular complexity index is 782. The van der Waals surface area contributed by atoms with Gasteiger partial charge in [-0.25, -0.2) is 4.79 Å². The molecule has 132 valence electrons. The van der Waals surface area contributed by atoms with Crippen molar-refractivity contribution in [2.24, 2.45) is 0 Å². The van der Waals surface area contributed by atoms with E-state index in [0.717, 1.165) is 26.9 Å². The number of nitrogens with zero attached hydrogens (tertiary/aromatic N) is 2. The highest BCUT2D eigenvalue weighted by molar-refractivity contribution is 7.16. The van der Waals surface area contributed by atoms with Crippen molar-refractivity contribution < 1.29 is 14.3 Å². The second-order valence-electron chi connectivity index (χ2n) is 6.01. The summed E-state index contributed by atoms with van der Waals surface area (Å²) in [5.74, 6) is 0. The Hall–Kier alpha value is -1.67. The van der Waals surface area contributed by atoms with Crippen LogP contribution in [0.15, 0.2) is 24.4 Å². The Kier molecular flexibility index (Phi) is 4.89. The lowest BCUT2D eigenvalue weighted by Crippen LogP contribution is -2.44. The van der Waals surface area contributed by atoms with Gasteiger partial charge in [-0.05, 0) is 18.2 Å². The van der Waals surface area contributed by atoms with Crippen molar-refractivity contribution in [3.05, 3.63) is 44.9 Å². The van der Waals surface area contributed by atoms with Crippen LogP contribution in [0.3, 0.4) is 0 Å². The zero-order chi connectivity index (χ0) is 17.2. The van der Waals surface area contributed by atoms with Gasteiger partial charge >= 0.3 is 6.03 Å². The monoisotopic (exact) mass is 379 g/mol. The van der Waals surface area contributed by atoms with Gasteiger partial charge in [-0.2, -0.15) is 0 Å². The van der Waals surface area contributed by atoms with Gasteiger partial charge in [-0.15, -0.1) is 11.3 Å². The van der Waals surface area contributed by atoms with Crippen LogP contribution in [0.25, 0.3) is 0 Å². The number of amides is 2. The van der Waals surface area contributed by atoms with Crippen molar-refractivity contribution >= 4 is 34.7 Å². The molecule has 0 spiro atoms. The molecule has 1 N–H and O–H groups in total. The lowest BCUT2D eigenvalue weighted by Gasteiger charge is -2.32. The molecule has 1 fully saturated rings. The van der Waals surface area contributed by atoms with E-state index in [4.69, 9.17) is 21.1 Å². The third-order valence-corrected chi connectivity index (χ3v) is 5.64. The molecule has 8 heteroatoms. The molecule has 2 aliphatic rings. The van der Waals surface area contributed by atoms with Gasteiger partial charge in [0, 0.05) is 29.1 Å². The summed E-state index contributed by atoms with van der Waals surface area (Å²) in [5.41, 5.74) is 2.78. The van der Waals surface area contributed by atoms with Crippen molar-refractivity contribution in [3.8, 4) is 0 Å². The summed E-state index contributed by atoms with van der Waals surface area (Å²) >= 11 is 7.48. The Morgan fingerprint density at radius 1 is 1.40 bits per heavy atom. The maximum Gasteiger partial charge on any atom is 0.322 e. The second kappa shape index (κ2) is 7.29. The van der Waals surface area contributed by atoms with E-state index in [-0.39, 0.29) is 12.1 Å². The Morgan fingerprint density at radius 2 is 2.32 bits per heavy atom. The molecule has 4 heterocycles. The van der Waals surface area contributed by atoms with Crippen LogP contribution in [0.4, 0.5) is 10.5 Å². The predicted octanol–water partition coefficient (Wildman–Crippen LogP) is 3.47. The van der Waals surface area contributed by atoms with Gasteiger partial charge in [0.2, 0.25) is 0 Å². The van der Waals surface area contributed by atoms with E-state index in [9.17, 15) is 4.79 Å². The molecule has 2 aliphatic heterocycles. The Balaban J connectivity index is 1.42. The first-order chi connectivity index (χ1) is 12.2. The van der Waals surface area contributed by atoms with Crippen molar-refractivity contribution in [3.63, 3.8) is 0 Å². The summed E-state index contributed by atoms with van der Waals surface area (Å²) < 4.78 is 12.0. The average Bonchev–Trinajstić information content (AvgIpc) is 3.08. The number of anilines is 1. The van der Waals surface area contributed by atoms with Gasteiger partial charge in [-0.3, -0.25) is 4.98 Å². The number of nitrogens with one attached hydrogen (secondary N) is 1. The average molecular weight is 380 g/mol. The second-order valence-corrected chi connectivity index (χ2v) is 7.76. The van der Waals surface area contributed by atoms with Crippen LogP contribution in [0.5, 0.6) is 0 Å². The molecule has 2 aromatic rings. The molecule has 6 nitrogen and oxygen atoms in total. The molecular weight excluding hydrogens is 362 g/mol. The van der Waals surface area contributed by atoms with Crippen LogP contribution < -0.4 is 5.32 Å². The van der Waals surface area contributed by atoms with E-state index in [1.165, 1.54) is 11.3 Å². The zero-order valence-corrected chi connectivity index (χ0v) is 15.1. The van der Waals surface area contributed by atoms with Crippen LogP contribution >= 0.6 is 22.9 Å². The number of halogens is 1. The molecule has 0 aromatic carbocycles. The quantitative estimate of drug-likeness (QED) is 0.867. The molecular formula is C17H18ClN3O3S. The lowest BCUT2D eigenvalue weighted by atomic mass is 10.1. The first-order valence-electron chi connectivity index (χ1n) is 8.17. The third kappa shape index (κ3) is 3.79. The van der Waals surface area contributed by atoms with Crippen molar-refractivity contribution in [1.29, 1.82) is 0 Å². The maximum atomic E-state index is 12.6. The zero-order valence-electron chi connectivity index (χ0n) is 13.5. The normalized spacial score (nSPS) is 20.2. The van der Waals surface area contributed by atoms with Gasteiger partial charge in [-0.1, -0.05) is 11.6 Å². The number of pyridine rings is 1. The fraction of sp³-hybridized carbons (Fsp3) is 0.412. The number of hydrogen-bond acceptors (Lipinski definition) is 5. The number of ether oxygens (including phenoxy) is 2. The number of aromatic nitrogens is 1. The van der Waals surface area contributed by atoms with E-state index < -0.39 is 0 Å². The molecule has 0 bridgehead atoms. The van der Waals surface area contributed by atoms with Gasteiger partial charge < -0.3 is 19.7 Å². The number of rotatable bonds is 2. The summed E-state index contributed by atoms with van der Waals surface area (Å²) in [5, 5.41) is 2.93. The van der Waals surface area contributed by atoms with Crippen LogP contribution in [0.2, 0.25) is 4.34 Å². The van der Waals surface area contributed by atoms with E-state index in [0.29, 0.717) is 38.6 Å². The third-order valence-electron chi connectivity index (χ3n) is 4.32. The molecule has 0 saturated carbocycles. The molecule has 1 atom stereocenters. The Labute approximate surface area is 154 Å². The molecule has 2 aromatic heterocycles. The highest BCUT2D eigenvalue weighted by atomic mass is 35.5. The van der Waals surface area contributed by atoms with Crippen molar-refractivity contribution in [2.75, 3.05) is 31.6 Å². The summed E-state index contributed by atoms with van der Waals surface area (Å²) in [6.07, 6.45) is 2.39. The summed E-state index contributed by atoms with van der Waals surface area (Å²) in [4.78, 5) is 19.8. The minimum atomic E-state index is -0.144. The van der Waals surface area contributed by atoms with Crippen LogP contribution in [-0.4, -0.2) is 42.2 Å². The molecule has 0 aliphatic carbocycles. The van der Waals surface area contributed by atoms with Crippen LogP contribution in [0.1, 0.15) is 22.2 Å². The van der Waals surface area contributed by atoms with Crippen LogP contribution in [0, 0.1) is 0 Å². The van der Waals surface area contributed by atoms with Gasteiger partial charge in [0.1, 0.15) is 6.10 Å². The topological polar surface area (TPSA) is 63.7 Å².